The van der Waals surface area contributed by atoms with Gasteiger partial charge in [0.15, 0.2) is 0 Å². The zero-order chi connectivity index (χ0) is 14.8. The molecule has 19 heavy (non-hydrogen) atoms. The van der Waals surface area contributed by atoms with Gasteiger partial charge in [-0.3, -0.25) is 0 Å². The molecule has 1 aromatic rings. The molecule has 0 heterocycles. The summed E-state index contributed by atoms with van der Waals surface area (Å²) < 4.78 is 51.6. The molecule has 1 rings (SSSR count). The highest BCUT2D eigenvalue weighted by molar-refractivity contribution is 7.80. The molecule has 0 bridgehead atoms. The van der Waals surface area contributed by atoms with Gasteiger partial charge in [-0.25, -0.2) is 4.39 Å². The van der Waals surface area contributed by atoms with Crippen molar-refractivity contribution in [1.82, 2.24) is 0 Å². The van der Waals surface area contributed by atoms with Crippen LogP contribution in [0, 0.1) is 5.82 Å². The van der Waals surface area contributed by atoms with Crippen molar-refractivity contribution >= 4 is 18.3 Å². The molecule has 0 spiro atoms. The lowest BCUT2D eigenvalue weighted by molar-refractivity contribution is -0.139. The molecule has 0 amide bonds. The van der Waals surface area contributed by atoms with Crippen molar-refractivity contribution in [2.24, 2.45) is 0 Å². The van der Waals surface area contributed by atoms with Gasteiger partial charge in [0.2, 0.25) is 0 Å². The van der Waals surface area contributed by atoms with Crippen LogP contribution in [0.2, 0.25) is 0 Å². The highest BCUT2D eigenvalue weighted by Gasteiger charge is 2.37. The molecule has 8 heteroatoms. The normalized spacial score (nSPS) is 15.3. The van der Waals surface area contributed by atoms with Gasteiger partial charge < -0.3 is 15.9 Å². The van der Waals surface area contributed by atoms with E-state index in [1.165, 1.54) is 0 Å². The summed E-state index contributed by atoms with van der Waals surface area (Å²) in [6.45, 7) is 0. The summed E-state index contributed by atoms with van der Waals surface area (Å²) in [5, 5.41) is 19.2. The second-order valence-corrected chi connectivity index (χ2v) is 4.43. The fourth-order valence-electron chi connectivity index (χ4n) is 1.59. The molecule has 0 aliphatic carbocycles. The van der Waals surface area contributed by atoms with Gasteiger partial charge in [-0.1, -0.05) is 0 Å². The maximum atomic E-state index is 13.3. The van der Waals surface area contributed by atoms with E-state index in [9.17, 15) is 27.8 Å². The van der Waals surface area contributed by atoms with Gasteiger partial charge in [0.25, 0.3) is 0 Å². The Labute approximate surface area is 112 Å². The van der Waals surface area contributed by atoms with Crippen LogP contribution in [0.15, 0.2) is 12.1 Å². The summed E-state index contributed by atoms with van der Waals surface area (Å²) in [4.78, 5) is 0. The van der Waals surface area contributed by atoms with E-state index in [1.54, 1.807) is 0 Å². The van der Waals surface area contributed by atoms with Gasteiger partial charge in [-0.2, -0.15) is 25.8 Å². The van der Waals surface area contributed by atoms with Crippen LogP contribution in [0.1, 0.15) is 23.7 Å². The van der Waals surface area contributed by atoms with Crippen molar-refractivity contribution in [3.63, 3.8) is 0 Å². The smallest absolute Gasteiger partial charge is 0.396 e. The summed E-state index contributed by atoms with van der Waals surface area (Å²) >= 11 is 3.80. The van der Waals surface area contributed by atoms with Crippen molar-refractivity contribution in [2.75, 3.05) is 11.5 Å². The Kier molecular flexibility index (Phi) is 5.05. The lowest BCUT2D eigenvalue weighted by atomic mass is 9.96. The quantitative estimate of drug-likeness (QED) is 0.391. The number of benzene rings is 1. The molecule has 4 N–H and O–H groups in total. The standard InChI is InChI=1S/C11H13F4NO2S/c12-7-3-5(10(18)9(17)1-2-19)6(4-8(7)16)11(13,14)15/h3-4,9-10,17-19H,1-2,16H2. The highest BCUT2D eigenvalue weighted by Crippen LogP contribution is 2.38. The van der Waals surface area contributed by atoms with E-state index in [0.717, 1.165) is 0 Å². The van der Waals surface area contributed by atoms with Crippen LogP contribution in [0.5, 0.6) is 0 Å². The van der Waals surface area contributed by atoms with Crippen LogP contribution in [0.3, 0.4) is 0 Å². The van der Waals surface area contributed by atoms with Crippen LogP contribution in [0.25, 0.3) is 0 Å². The molecule has 0 radical (unpaired) electrons. The minimum atomic E-state index is -4.81. The number of halogens is 4. The van der Waals surface area contributed by atoms with Gasteiger partial charge >= 0.3 is 6.18 Å². The van der Waals surface area contributed by atoms with Crippen LogP contribution in [-0.4, -0.2) is 22.1 Å². The third kappa shape index (κ3) is 3.74. The van der Waals surface area contributed by atoms with E-state index < -0.39 is 41.0 Å². The lowest BCUT2D eigenvalue weighted by Gasteiger charge is -2.22. The Hall–Kier alpha value is -0.990. The molecule has 3 nitrogen and oxygen atoms in total. The minimum absolute atomic E-state index is 0.0342. The fraction of sp³-hybridized carbons (Fsp3) is 0.455. The fourth-order valence-corrected chi connectivity index (χ4v) is 1.86. The summed E-state index contributed by atoms with van der Waals surface area (Å²) in [5.74, 6) is -0.919. The van der Waals surface area contributed by atoms with Gasteiger partial charge in [0.05, 0.1) is 17.4 Å². The lowest BCUT2D eigenvalue weighted by Crippen LogP contribution is -2.23. The van der Waals surface area contributed by atoms with Crippen molar-refractivity contribution in [3.05, 3.63) is 29.1 Å². The first-order valence-corrected chi connectivity index (χ1v) is 5.94. The first kappa shape index (κ1) is 16.1. The van der Waals surface area contributed by atoms with Gasteiger partial charge in [0, 0.05) is 0 Å². The number of nitrogen functional groups attached to an aromatic ring is 1. The number of aliphatic hydroxyl groups excluding tert-OH is 2. The maximum absolute atomic E-state index is 13.3. The van der Waals surface area contributed by atoms with Crippen molar-refractivity contribution in [1.29, 1.82) is 0 Å². The number of thiol groups is 1. The summed E-state index contributed by atoms with van der Waals surface area (Å²) in [6.07, 6.45) is -8.17. The SMILES string of the molecule is Nc1cc(C(F)(F)F)c(C(O)C(O)CCS)cc1F. The maximum Gasteiger partial charge on any atom is 0.416 e. The second-order valence-electron chi connectivity index (χ2n) is 3.98. The number of rotatable bonds is 4. The van der Waals surface area contributed by atoms with Gasteiger partial charge in [-0.05, 0) is 29.9 Å². The molecule has 0 aliphatic rings. The average Bonchev–Trinajstić information content (AvgIpc) is 2.30. The van der Waals surface area contributed by atoms with E-state index in [1.807, 2.05) is 0 Å². The van der Waals surface area contributed by atoms with Crippen LogP contribution < -0.4 is 5.73 Å². The third-order valence-electron chi connectivity index (χ3n) is 2.58. The summed E-state index contributed by atoms with van der Waals surface area (Å²) in [7, 11) is 0. The van der Waals surface area contributed by atoms with E-state index in [2.05, 4.69) is 12.6 Å². The molecule has 2 atom stereocenters. The Morgan fingerprint density at radius 2 is 1.84 bits per heavy atom. The van der Waals surface area contributed by atoms with Crippen molar-refractivity contribution in [2.45, 2.75) is 24.8 Å². The second kappa shape index (κ2) is 5.98. The number of hydrogen-bond donors (Lipinski definition) is 4. The predicted octanol–water partition coefficient (Wildman–Crippen LogP) is 2.14. The predicted molar refractivity (Wildman–Crippen MR) is 65.3 cm³/mol. The van der Waals surface area contributed by atoms with E-state index >= 15 is 0 Å². The third-order valence-corrected chi connectivity index (χ3v) is 2.84. The van der Waals surface area contributed by atoms with Crippen LogP contribution >= 0.6 is 12.6 Å². The topological polar surface area (TPSA) is 66.5 Å². The monoisotopic (exact) mass is 299 g/mol. The molecule has 0 aromatic heterocycles. The summed E-state index contributed by atoms with van der Waals surface area (Å²) in [6, 6.07) is 0.895. The molecular weight excluding hydrogens is 286 g/mol. The first-order chi connectivity index (χ1) is 8.68. The number of anilines is 1. The molecule has 108 valence electrons. The number of aliphatic hydroxyl groups is 2. The van der Waals surface area contributed by atoms with Gasteiger partial charge in [0.1, 0.15) is 11.9 Å². The Balaban J connectivity index is 3.28. The molecule has 1 aromatic carbocycles. The minimum Gasteiger partial charge on any atom is -0.396 e. The summed E-state index contributed by atoms with van der Waals surface area (Å²) in [5.41, 5.74) is 2.41. The Morgan fingerprint density at radius 3 is 2.32 bits per heavy atom. The van der Waals surface area contributed by atoms with Crippen molar-refractivity contribution in [3.8, 4) is 0 Å². The molecule has 0 aliphatic heterocycles. The van der Waals surface area contributed by atoms with Crippen molar-refractivity contribution < 1.29 is 27.8 Å². The molecule has 0 fully saturated rings. The molecule has 0 saturated heterocycles. The number of hydrogen-bond acceptors (Lipinski definition) is 4. The molecule has 0 saturated carbocycles. The molecular formula is C11H13F4NO2S. The van der Waals surface area contributed by atoms with E-state index in [4.69, 9.17) is 5.73 Å². The first-order valence-electron chi connectivity index (χ1n) is 5.31. The van der Waals surface area contributed by atoms with E-state index in [-0.39, 0.29) is 12.2 Å². The van der Waals surface area contributed by atoms with E-state index in [0.29, 0.717) is 12.1 Å². The largest absolute Gasteiger partial charge is 0.416 e. The molecule has 2 unspecified atom stereocenters. The highest BCUT2D eigenvalue weighted by atomic mass is 32.1. The number of alkyl halides is 3. The zero-order valence-electron chi connectivity index (χ0n) is 9.65. The van der Waals surface area contributed by atoms with Crippen LogP contribution in [0.4, 0.5) is 23.2 Å². The average molecular weight is 299 g/mol. The van der Waals surface area contributed by atoms with Gasteiger partial charge in [-0.15, -0.1) is 0 Å². The van der Waals surface area contributed by atoms with Crippen LogP contribution in [-0.2, 0) is 6.18 Å². The zero-order valence-corrected chi connectivity index (χ0v) is 10.5. The Morgan fingerprint density at radius 1 is 1.26 bits per heavy atom. The Bertz CT molecular complexity index is 453. The number of nitrogens with two attached hydrogens (primary N) is 1.